The van der Waals surface area contributed by atoms with Crippen LogP contribution < -0.4 is 0 Å². The molecule has 0 bridgehead atoms. The summed E-state index contributed by atoms with van der Waals surface area (Å²) in [6.07, 6.45) is 2.03. The lowest BCUT2D eigenvalue weighted by Crippen LogP contribution is -1.85. The van der Waals surface area contributed by atoms with Crippen molar-refractivity contribution in [3.05, 3.63) is 66.2 Å². The minimum absolute atomic E-state index is 1.01. The average molecular weight is 276 g/mol. The Labute approximate surface area is 120 Å². The maximum atomic E-state index is 4.80. The molecule has 0 amide bonds. The predicted octanol–water partition coefficient (Wildman–Crippen LogP) is 4.96. The van der Waals surface area contributed by atoms with E-state index in [-0.39, 0.29) is 0 Å². The number of thiophene rings is 1. The number of para-hydroxylation sites is 1. The van der Waals surface area contributed by atoms with Crippen LogP contribution >= 0.6 is 11.3 Å². The van der Waals surface area contributed by atoms with Crippen molar-refractivity contribution in [2.45, 2.75) is 0 Å². The van der Waals surface area contributed by atoms with Gasteiger partial charge in [-0.1, -0.05) is 30.3 Å². The Balaban J connectivity index is 1.88. The minimum Gasteiger partial charge on any atom is -0.360 e. The highest BCUT2D eigenvalue weighted by Crippen LogP contribution is 2.30. The van der Waals surface area contributed by atoms with E-state index in [4.69, 9.17) is 4.98 Å². The van der Waals surface area contributed by atoms with Gasteiger partial charge in [0.15, 0.2) is 0 Å². The Bertz CT molecular complexity index is 859. The van der Waals surface area contributed by atoms with Crippen LogP contribution in [0.1, 0.15) is 0 Å². The first kappa shape index (κ1) is 11.4. The molecule has 0 atom stereocenters. The second-order valence-electron chi connectivity index (χ2n) is 4.63. The number of benzene rings is 1. The normalized spacial score (nSPS) is 11.0. The number of aromatic nitrogens is 2. The predicted molar refractivity (Wildman–Crippen MR) is 84.8 cm³/mol. The summed E-state index contributed by atoms with van der Waals surface area (Å²) in [5.74, 6) is 0. The van der Waals surface area contributed by atoms with Crippen molar-refractivity contribution < 1.29 is 0 Å². The number of pyridine rings is 1. The molecular formula is C17H12N2S. The van der Waals surface area contributed by atoms with Crippen LogP contribution in [-0.2, 0) is 0 Å². The van der Waals surface area contributed by atoms with E-state index in [2.05, 4.69) is 58.9 Å². The number of H-pyrrole nitrogens is 1. The fourth-order valence-corrected chi connectivity index (χ4v) is 3.12. The molecule has 0 saturated carbocycles. The van der Waals surface area contributed by atoms with Gasteiger partial charge in [0.05, 0.1) is 16.3 Å². The second kappa shape index (κ2) is 4.62. The Morgan fingerprint density at radius 2 is 1.75 bits per heavy atom. The Hall–Kier alpha value is -2.39. The third kappa shape index (κ3) is 1.84. The summed E-state index contributed by atoms with van der Waals surface area (Å²) in [5, 5.41) is 3.29. The zero-order valence-electron chi connectivity index (χ0n) is 10.7. The number of nitrogens with zero attached hydrogens (tertiary/aromatic N) is 1. The number of hydrogen-bond acceptors (Lipinski definition) is 2. The molecule has 4 aromatic rings. The molecule has 0 aliphatic rings. The summed E-state index contributed by atoms with van der Waals surface area (Å²) in [6.45, 7) is 0. The summed E-state index contributed by atoms with van der Waals surface area (Å²) in [7, 11) is 0. The Kier molecular flexibility index (Phi) is 2.64. The number of nitrogens with one attached hydrogen (secondary N) is 1. The standard InChI is InChI=1S/C17H12N2S/c1-2-6-14-12(5-1)13(11-18-14)15-7-3-8-16(19-15)17-9-4-10-20-17/h1-11,18H. The molecule has 3 heterocycles. The van der Waals surface area contributed by atoms with Crippen molar-refractivity contribution in [2.75, 3.05) is 0 Å². The first-order valence-corrected chi connectivity index (χ1v) is 7.37. The largest absolute Gasteiger partial charge is 0.360 e. The summed E-state index contributed by atoms with van der Waals surface area (Å²) in [4.78, 5) is 9.30. The van der Waals surface area contributed by atoms with E-state index in [0.717, 1.165) is 22.5 Å². The van der Waals surface area contributed by atoms with Gasteiger partial charge in [-0.3, -0.25) is 0 Å². The van der Waals surface area contributed by atoms with Crippen molar-refractivity contribution in [3.8, 4) is 21.8 Å². The molecule has 20 heavy (non-hydrogen) atoms. The van der Waals surface area contributed by atoms with Crippen molar-refractivity contribution in [3.63, 3.8) is 0 Å². The second-order valence-corrected chi connectivity index (χ2v) is 5.58. The van der Waals surface area contributed by atoms with Crippen LogP contribution in [0, 0.1) is 0 Å². The third-order valence-electron chi connectivity index (χ3n) is 3.39. The number of aromatic amines is 1. The zero-order valence-corrected chi connectivity index (χ0v) is 11.5. The molecule has 1 N–H and O–H groups in total. The molecule has 3 heteroatoms. The fraction of sp³-hybridized carbons (Fsp3) is 0. The van der Waals surface area contributed by atoms with E-state index in [1.807, 2.05) is 12.3 Å². The lowest BCUT2D eigenvalue weighted by atomic mass is 10.1. The van der Waals surface area contributed by atoms with Gasteiger partial charge in [0.25, 0.3) is 0 Å². The highest BCUT2D eigenvalue weighted by Gasteiger charge is 2.08. The van der Waals surface area contributed by atoms with E-state index >= 15 is 0 Å². The van der Waals surface area contributed by atoms with E-state index in [1.54, 1.807) is 11.3 Å². The summed E-state index contributed by atoms with van der Waals surface area (Å²) in [5.41, 5.74) is 4.33. The number of fused-ring (bicyclic) bond motifs is 1. The molecule has 0 fully saturated rings. The molecule has 0 radical (unpaired) electrons. The average Bonchev–Trinajstić information content (AvgIpc) is 3.17. The Morgan fingerprint density at radius 3 is 2.65 bits per heavy atom. The van der Waals surface area contributed by atoms with Gasteiger partial charge in [0.1, 0.15) is 0 Å². The zero-order chi connectivity index (χ0) is 13.4. The van der Waals surface area contributed by atoms with Gasteiger partial charge in [-0.15, -0.1) is 11.3 Å². The summed E-state index contributed by atoms with van der Waals surface area (Å²) < 4.78 is 0. The van der Waals surface area contributed by atoms with Gasteiger partial charge >= 0.3 is 0 Å². The van der Waals surface area contributed by atoms with Crippen LogP contribution in [0.15, 0.2) is 66.2 Å². The molecule has 0 aliphatic carbocycles. The smallest absolute Gasteiger partial charge is 0.0809 e. The fourth-order valence-electron chi connectivity index (χ4n) is 2.43. The van der Waals surface area contributed by atoms with E-state index in [0.29, 0.717) is 0 Å². The molecule has 0 saturated heterocycles. The topological polar surface area (TPSA) is 28.7 Å². The number of hydrogen-bond donors (Lipinski definition) is 1. The van der Waals surface area contributed by atoms with Crippen LogP contribution in [0.25, 0.3) is 32.7 Å². The van der Waals surface area contributed by atoms with Gasteiger partial charge in [0.2, 0.25) is 0 Å². The highest BCUT2D eigenvalue weighted by molar-refractivity contribution is 7.13. The van der Waals surface area contributed by atoms with Gasteiger partial charge in [-0.05, 0) is 29.6 Å². The molecular weight excluding hydrogens is 264 g/mol. The third-order valence-corrected chi connectivity index (χ3v) is 4.28. The van der Waals surface area contributed by atoms with Gasteiger partial charge in [-0.25, -0.2) is 4.98 Å². The van der Waals surface area contributed by atoms with Crippen LogP contribution in [-0.4, -0.2) is 9.97 Å². The molecule has 1 aromatic carbocycles. The number of rotatable bonds is 2. The van der Waals surface area contributed by atoms with Crippen LogP contribution in [0.3, 0.4) is 0 Å². The van der Waals surface area contributed by atoms with Crippen LogP contribution in [0.5, 0.6) is 0 Å². The maximum Gasteiger partial charge on any atom is 0.0809 e. The van der Waals surface area contributed by atoms with Gasteiger partial charge in [0, 0.05) is 22.7 Å². The Morgan fingerprint density at radius 1 is 0.850 bits per heavy atom. The van der Waals surface area contributed by atoms with Crippen molar-refractivity contribution in [1.29, 1.82) is 0 Å². The minimum atomic E-state index is 1.01. The molecule has 2 nitrogen and oxygen atoms in total. The molecule has 0 unspecified atom stereocenters. The summed E-state index contributed by atoms with van der Waals surface area (Å²) >= 11 is 1.72. The van der Waals surface area contributed by atoms with Crippen molar-refractivity contribution in [2.24, 2.45) is 0 Å². The van der Waals surface area contributed by atoms with Crippen LogP contribution in [0.4, 0.5) is 0 Å². The lowest BCUT2D eigenvalue weighted by Gasteiger charge is -2.02. The maximum absolute atomic E-state index is 4.80. The molecule has 96 valence electrons. The van der Waals surface area contributed by atoms with Gasteiger partial charge in [-0.2, -0.15) is 0 Å². The van der Waals surface area contributed by atoms with Crippen molar-refractivity contribution >= 4 is 22.2 Å². The quantitative estimate of drug-likeness (QED) is 0.551. The SMILES string of the molecule is c1cc(-c2cccs2)nc(-c2c[nH]c3ccccc23)c1. The lowest BCUT2D eigenvalue weighted by molar-refractivity contribution is 1.34. The monoisotopic (exact) mass is 276 g/mol. The molecule has 0 aliphatic heterocycles. The molecule has 3 aromatic heterocycles. The molecule has 4 rings (SSSR count). The van der Waals surface area contributed by atoms with Crippen LogP contribution in [0.2, 0.25) is 0 Å². The van der Waals surface area contributed by atoms with E-state index in [1.165, 1.54) is 10.3 Å². The van der Waals surface area contributed by atoms with E-state index in [9.17, 15) is 0 Å². The molecule has 0 spiro atoms. The van der Waals surface area contributed by atoms with Gasteiger partial charge < -0.3 is 4.98 Å². The first-order valence-electron chi connectivity index (χ1n) is 6.49. The summed E-state index contributed by atoms with van der Waals surface area (Å²) in [6, 6.07) is 18.7. The van der Waals surface area contributed by atoms with E-state index < -0.39 is 0 Å². The first-order chi connectivity index (χ1) is 9.92. The van der Waals surface area contributed by atoms with Crippen molar-refractivity contribution in [1.82, 2.24) is 9.97 Å². The highest BCUT2D eigenvalue weighted by atomic mass is 32.1.